The number of unbranched alkanes of at least 4 members (excludes halogenated alkanes) is 2. The van der Waals surface area contributed by atoms with Crippen LogP contribution in [0.1, 0.15) is 48.8 Å². The zero-order valence-corrected chi connectivity index (χ0v) is 24.6. The Hall–Kier alpha value is -1.31. The van der Waals surface area contributed by atoms with E-state index in [0.29, 0.717) is 5.92 Å². The fraction of sp³-hybridized carbons (Fsp3) is 0.200. The van der Waals surface area contributed by atoms with Crippen molar-refractivity contribution >= 4 is 44.1 Å². The SMILES string of the molecule is CC[CH-]CCC1C=Cc2ccccc21.[Cl][Zr+2][Cl].[Si]Cc1ccccc1.c1ccc2[cH-]ccc2c1. The van der Waals surface area contributed by atoms with Gasteiger partial charge in [0.05, 0.1) is 0 Å². The van der Waals surface area contributed by atoms with Crippen LogP contribution in [0.25, 0.3) is 16.8 Å². The van der Waals surface area contributed by atoms with Crippen molar-refractivity contribution in [2.75, 3.05) is 0 Å². The number of fused-ring (bicyclic) bond motifs is 2. The fourth-order valence-corrected chi connectivity index (χ4v) is 3.98. The summed E-state index contributed by atoms with van der Waals surface area (Å²) in [6.07, 6.45) is 10.7. The van der Waals surface area contributed by atoms with Crippen molar-refractivity contribution < 1.29 is 20.8 Å². The van der Waals surface area contributed by atoms with Gasteiger partial charge in [-0.1, -0.05) is 91.7 Å². The minimum absolute atomic E-state index is 0.661. The maximum absolute atomic E-state index is 4.93. The first-order valence-corrected chi connectivity index (χ1v) is 18.6. The number of benzene rings is 3. The molecule has 0 amide bonds. The molecular weight excluding hydrogens is 551 g/mol. The van der Waals surface area contributed by atoms with Gasteiger partial charge in [0.15, 0.2) is 0 Å². The Morgan fingerprint density at radius 1 is 0.912 bits per heavy atom. The second kappa shape index (κ2) is 18.0. The van der Waals surface area contributed by atoms with Crippen LogP contribution < -0.4 is 0 Å². The van der Waals surface area contributed by atoms with E-state index in [1.54, 1.807) is 0 Å². The van der Waals surface area contributed by atoms with Crippen LogP contribution in [0.5, 0.6) is 0 Å². The van der Waals surface area contributed by atoms with Crippen molar-refractivity contribution in [3.05, 3.63) is 126 Å². The third-order valence-corrected chi connectivity index (χ3v) is 5.88. The molecule has 4 aromatic rings. The van der Waals surface area contributed by atoms with Crippen molar-refractivity contribution in [1.29, 1.82) is 0 Å². The summed E-state index contributed by atoms with van der Waals surface area (Å²) >= 11 is -0.826. The van der Waals surface area contributed by atoms with Crippen molar-refractivity contribution in [2.24, 2.45) is 0 Å². The van der Waals surface area contributed by atoms with Gasteiger partial charge in [0.25, 0.3) is 0 Å². The molecule has 0 spiro atoms. The van der Waals surface area contributed by atoms with Gasteiger partial charge in [0.2, 0.25) is 0 Å². The fourth-order valence-electron chi connectivity index (χ4n) is 3.74. The molecule has 0 nitrogen and oxygen atoms in total. The van der Waals surface area contributed by atoms with E-state index in [2.05, 4.69) is 115 Å². The normalized spacial score (nSPS) is 12.8. The van der Waals surface area contributed by atoms with E-state index in [4.69, 9.17) is 17.0 Å². The van der Waals surface area contributed by atoms with Crippen molar-refractivity contribution in [3.8, 4) is 0 Å². The third kappa shape index (κ3) is 10.5. The molecule has 1 atom stereocenters. The van der Waals surface area contributed by atoms with Crippen molar-refractivity contribution in [1.82, 2.24) is 0 Å². The Morgan fingerprint density at radius 2 is 1.59 bits per heavy atom. The van der Waals surface area contributed by atoms with E-state index in [0.717, 1.165) is 6.04 Å². The molecule has 0 N–H and O–H groups in total. The quantitative estimate of drug-likeness (QED) is 0.125. The smallest absolute Gasteiger partial charge is 0.0283 e. The van der Waals surface area contributed by atoms with Crippen molar-refractivity contribution in [3.63, 3.8) is 0 Å². The molecule has 5 rings (SSSR count). The maximum atomic E-state index is 4.93. The first kappa shape index (κ1) is 28.9. The predicted octanol–water partition coefficient (Wildman–Crippen LogP) is 9.48. The zero-order chi connectivity index (χ0) is 24.4. The molecule has 0 saturated carbocycles. The molecule has 0 aliphatic heterocycles. The predicted molar refractivity (Wildman–Crippen MR) is 149 cm³/mol. The zero-order valence-electron chi connectivity index (χ0n) is 19.6. The molecule has 0 bridgehead atoms. The van der Waals surface area contributed by atoms with Gasteiger partial charge in [0, 0.05) is 16.2 Å². The summed E-state index contributed by atoms with van der Waals surface area (Å²) in [5.41, 5.74) is 4.25. The number of rotatable bonds is 5. The average molecular weight is 582 g/mol. The van der Waals surface area contributed by atoms with Crippen LogP contribution in [0.15, 0.2) is 103 Å². The molecular formula is C30H31Cl2SiZr. The summed E-state index contributed by atoms with van der Waals surface area (Å²) in [4.78, 5) is 0. The van der Waals surface area contributed by atoms with E-state index in [-0.39, 0.29) is 0 Å². The molecule has 0 aromatic heterocycles. The van der Waals surface area contributed by atoms with Gasteiger partial charge in [-0.25, -0.2) is 0 Å². The molecule has 1 aliphatic rings. The van der Waals surface area contributed by atoms with E-state index in [9.17, 15) is 0 Å². The summed E-state index contributed by atoms with van der Waals surface area (Å²) in [5.74, 6) is 0.661. The minimum atomic E-state index is -0.826. The van der Waals surface area contributed by atoms with E-state index < -0.39 is 20.8 Å². The summed E-state index contributed by atoms with van der Waals surface area (Å²) < 4.78 is 0. The van der Waals surface area contributed by atoms with E-state index >= 15 is 0 Å². The Kier molecular flexibility index (Phi) is 15.3. The van der Waals surface area contributed by atoms with Gasteiger partial charge in [0.1, 0.15) is 0 Å². The molecule has 4 heteroatoms. The number of halogens is 2. The summed E-state index contributed by atoms with van der Waals surface area (Å²) in [5, 5.41) is 2.66. The standard InChI is InChI=1S/C14H17.C9H7.C7H7Si.2ClH.Zr/c1-2-3-4-7-12-10-11-13-8-5-6-9-14(12)13;1-2-5-9-7-3-6-8(9)4-1;8-6-7-4-2-1-3-5-7;;;/h3,5-6,8-12H,2,4,7H2,1H3;1-7H;1-5H,6H2;2*1H;/q2*-1;;;;+4/p-2. The van der Waals surface area contributed by atoms with Gasteiger partial charge in [-0.15, -0.1) is 29.7 Å². The Bertz CT molecular complexity index is 1050. The molecule has 173 valence electrons. The van der Waals surface area contributed by atoms with Gasteiger partial charge >= 0.3 is 37.9 Å². The van der Waals surface area contributed by atoms with Crippen LogP contribution in [0, 0.1) is 6.42 Å². The molecule has 3 radical (unpaired) electrons. The van der Waals surface area contributed by atoms with Crippen LogP contribution >= 0.6 is 17.0 Å². The molecule has 0 heterocycles. The molecule has 0 fully saturated rings. The molecule has 1 unspecified atom stereocenters. The molecule has 34 heavy (non-hydrogen) atoms. The molecule has 1 aliphatic carbocycles. The first-order valence-electron chi connectivity index (χ1n) is 11.6. The van der Waals surface area contributed by atoms with Gasteiger partial charge in [-0.05, 0) is 17.2 Å². The maximum Gasteiger partial charge on any atom is 0.0283 e. The number of allylic oxidation sites excluding steroid dienone is 1. The Morgan fingerprint density at radius 3 is 2.26 bits per heavy atom. The Labute approximate surface area is 227 Å². The van der Waals surface area contributed by atoms with Gasteiger partial charge in [-0.2, -0.15) is 30.4 Å². The third-order valence-electron chi connectivity index (χ3n) is 5.47. The summed E-state index contributed by atoms with van der Waals surface area (Å²) in [6.45, 7) is 2.21. The van der Waals surface area contributed by atoms with Crippen LogP contribution in [-0.4, -0.2) is 10.2 Å². The largest absolute Gasteiger partial charge is 0.168 e. The molecule has 0 saturated heterocycles. The number of hydrogen-bond acceptors (Lipinski definition) is 0. The average Bonchev–Trinajstić information content (AvgIpc) is 3.53. The van der Waals surface area contributed by atoms with Crippen LogP contribution in [0.2, 0.25) is 0 Å². The second-order valence-electron chi connectivity index (χ2n) is 7.76. The van der Waals surface area contributed by atoms with Crippen LogP contribution in [0.4, 0.5) is 0 Å². The van der Waals surface area contributed by atoms with Gasteiger partial charge in [-0.3, -0.25) is 0 Å². The first-order chi connectivity index (χ1) is 16.7. The van der Waals surface area contributed by atoms with Crippen molar-refractivity contribution in [2.45, 2.75) is 38.1 Å². The minimum Gasteiger partial charge on any atom is -0.168 e. The van der Waals surface area contributed by atoms with E-state index in [1.165, 1.54) is 46.7 Å². The second-order valence-corrected chi connectivity index (χ2v) is 11.8. The van der Waals surface area contributed by atoms with Gasteiger partial charge < -0.3 is 6.42 Å². The molecule has 4 aromatic carbocycles. The van der Waals surface area contributed by atoms with Crippen LogP contribution in [0.3, 0.4) is 0 Å². The summed E-state index contributed by atoms with van der Waals surface area (Å²) in [7, 11) is 13.3. The number of hydrogen-bond donors (Lipinski definition) is 0. The topological polar surface area (TPSA) is 0 Å². The monoisotopic (exact) mass is 579 g/mol. The van der Waals surface area contributed by atoms with Crippen LogP contribution in [-0.2, 0) is 26.9 Å². The summed E-state index contributed by atoms with van der Waals surface area (Å²) in [6, 6.07) is 34.6. The Balaban J connectivity index is 0.000000178. The van der Waals surface area contributed by atoms with E-state index in [1.807, 2.05) is 18.2 Å².